The largest absolute Gasteiger partial charge is 0.493 e. The van der Waals surface area contributed by atoms with Crippen molar-refractivity contribution >= 4 is 16.9 Å². The highest BCUT2D eigenvalue weighted by Gasteiger charge is 2.36. The molecule has 2 aromatic carbocycles. The summed E-state index contributed by atoms with van der Waals surface area (Å²) in [5.41, 5.74) is 2.60. The summed E-state index contributed by atoms with van der Waals surface area (Å²) in [4.78, 5) is 28.2. The first-order valence-corrected chi connectivity index (χ1v) is 9.14. The van der Waals surface area contributed by atoms with Crippen molar-refractivity contribution in [2.75, 3.05) is 21.3 Å². The summed E-state index contributed by atoms with van der Waals surface area (Å²) in [6.07, 6.45) is 0.0131. The van der Waals surface area contributed by atoms with Crippen molar-refractivity contribution in [2.24, 2.45) is 0 Å². The topological polar surface area (TPSA) is 86.9 Å². The van der Waals surface area contributed by atoms with Crippen molar-refractivity contribution in [3.8, 4) is 23.0 Å². The van der Waals surface area contributed by atoms with E-state index in [0.29, 0.717) is 34.1 Å². The molecule has 7 nitrogen and oxygen atoms in total. The Hall–Kier alpha value is -3.48. The standard InChI is InChI=1S/C22H21NO6/c1-11-5-6-15-12(7-11)8-14(22(25)23-15)13-9-18(24)29-16-10-17(26-2)20(27-3)21(28-4)19(13)16/h5-8,10,13H,9H2,1-4H3,(H,23,25)/t13-/m0/s1. The number of aromatic amines is 1. The number of fused-ring (bicyclic) bond motifs is 2. The van der Waals surface area contributed by atoms with Crippen LogP contribution in [0.2, 0.25) is 0 Å². The molecule has 0 fully saturated rings. The van der Waals surface area contributed by atoms with Gasteiger partial charge in [0.1, 0.15) is 5.75 Å². The van der Waals surface area contributed by atoms with Crippen LogP contribution in [0.25, 0.3) is 10.9 Å². The van der Waals surface area contributed by atoms with Crippen molar-refractivity contribution in [1.82, 2.24) is 4.98 Å². The van der Waals surface area contributed by atoms with Gasteiger partial charge in [-0.05, 0) is 30.5 Å². The minimum atomic E-state index is -0.547. The summed E-state index contributed by atoms with van der Waals surface area (Å²) in [6, 6.07) is 9.20. The zero-order valence-electron chi connectivity index (χ0n) is 16.6. The molecule has 150 valence electrons. The van der Waals surface area contributed by atoms with Crippen LogP contribution in [-0.4, -0.2) is 32.3 Å². The minimum Gasteiger partial charge on any atom is -0.493 e. The molecule has 0 saturated carbocycles. The second-order valence-corrected chi connectivity index (χ2v) is 6.93. The van der Waals surface area contributed by atoms with E-state index in [1.54, 1.807) is 6.07 Å². The van der Waals surface area contributed by atoms with E-state index in [0.717, 1.165) is 16.5 Å². The summed E-state index contributed by atoms with van der Waals surface area (Å²) in [6.45, 7) is 1.98. The molecular weight excluding hydrogens is 374 g/mol. The van der Waals surface area contributed by atoms with Crippen molar-refractivity contribution < 1.29 is 23.7 Å². The molecule has 2 heterocycles. The maximum atomic E-state index is 12.9. The molecule has 0 bridgehead atoms. The van der Waals surface area contributed by atoms with Gasteiger partial charge < -0.3 is 23.9 Å². The smallest absolute Gasteiger partial charge is 0.312 e. The van der Waals surface area contributed by atoms with Gasteiger partial charge in [-0.25, -0.2) is 0 Å². The molecule has 0 spiro atoms. The Kier molecular flexibility index (Phi) is 4.66. The monoisotopic (exact) mass is 395 g/mol. The number of methoxy groups -OCH3 is 3. The summed E-state index contributed by atoms with van der Waals surface area (Å²) >= 11 is 0. The molecule has 1 aliphatic heterocycles. The maximum absolute atomic E-state index is 12.9. The Morgan fingerprint density at radius 2 is 1.76 bits per heavy atom. The fourth-order valence-corrected chi connectivity index (χ4v) is 3.87. The first kappa shape index (κ1) is 18.9. The van der Waals surface area contributed by atoms with Gasteiger partial charge in [0.25, 0.3) is 5.56 Å². The van der Waals surface area contributed by atoms with Gasteiger partial charge in [-0.2, -0.15) is 0 Å². The van der Waals surface area contributed by atoms with Gasteiger partial charge in [0.2, 0.25) is 5.75 Å². The van der Waals surface area contributed by atoms with E-state index in [1.165, 1.54) is 21.3 Å². The molecule has 7 heteroatoms. The number of rotatable bonds is 4. The van der Waals surface area contributed by atoms with Gasteiger partial charge in [-0.1, -0.05) is 11.6 Å². The van der Waals surface area contributed by atoms with Crippen LogP contribution in [0.5, 0.6) is 23.0 Å². The molecule has 0 aliphatic carbocycles. The van der Waals surface area contributed by atoms with Crippen LogP contribution in [0.15, 0.2) is 35.1 Å². The van der Waals surface area contributed by atoms with E-state index >= 15 is 0 Å². The molecule has 29 heavy (non-hydrogen) atoms. The van der Waals surface area contributed by atoms with E-state index in [9.17, 15) is 9.59 Å². The SMILES string of the molecule is COc1cc2c(c(OC)c1OC)[C@H](c1cc3cc(C)ccc3[nH]c1=O)CC(=O)O2. The van der Waals surface area contributed by atoms with Crippen LogP contribution >= 0.6 is 0 Å². The van der Waals surface area contributed by atoms with Gasteiger partial charge in [0, 0.05) is 28.6 Å². The number of aryl methyl sites for hydroxylation is 1. The number of hydrogen-bond donors (Lipinski definition) is 1. The molecule has 0 unspecified atom stereocenters. The third-order valence-electron chi connectivity index (χ3n) is 5.18. The fourth-order valence-electron chi connectivity index (χ4n) is 3.87. The molecular formula is C22H21NO6. The summed E-state index contributed by atoms with van der Waals surface area (Å²) in [5.74, 6) is 0.451. The number of benzene rings is 2. The van der Waals surface area contributed by atoms with Crippen LogP contribution in [0.3, 0.4) is 0 Å². The molecule has 0 saturated heterocycles. The predicted octanol–water partition coefficient (Wildman–Crippen LogP) is 3.30. The van der Waals surface area contributed by atoms with Crippen LogP contribution in [0.1, 0.15) is 29.0 Å². The zero-order chi connectivity index (χ0) is 20.7. The van der Waals surface area contributed by atoms with Gasteiger partial charge in [0.15, 0.2) is 11.5 Å². The fraction of sp³-hybridized carbons (Fsp3) is 0.273. The highest BCUT2D eigenvalue weighted by molar-refractivity contribution is 5.83. The predicted molar refractivity (Wildman–Crippen MR) is 107 cm³/mol. The molecule has 0 radical (unpaired) electrons. The van der Waals surface area contributed by atoms with E-state index in [1.807, 2.05) is 31.2 Å². The Balaban J connectivity index is 2.00. The zero-order valence-corrected chi connectivity index (χ0v) is 16.6. The van der Waals surface area contributed by atoms with Crippen molar-refractivity contribution in [3.05, 3.63) is 57.4 Å². The number of pyridine rings is 1. The highest BCUT2D eigenvalue weighted by Crippen LogP contribution is 2.51. The van der Waals surface area contributed by atoms with Crippen LogP contribution in [0, 0.1) is 6.92 Å². The lowest BCUT2D eigenvalue weighted by molar-refractivity contribution is -0.135. The first-order chi connectivity index (χ1) is 14.0. The van der Waals surface area contributed by atoms with Crippen molar-refractivity contribution in [1.29, 1.82) is 0 Å². The van der Waals surface area contributed by atoms with Gasteiger partial charge in [0.05, 0.1) is 27.8 Å². The van der Waals surface area contributed by atoms with Crippen LogP contribution in [0.4, 0.5) is 0 Å². The molecule has 1 aromatic heterocycles. The lowest BCUT2D eigenvalue weighted by Gasteiger charge is -2.28. The van der Waals surface area contributed by atoms with Crippen molar-refractivity contribution in [3.63, 3.8) is 0 Å². The second-order valence-electron chi connectivity index (χ2n) is 6.93. The third-order valence-corrected chi connectivity index (χ3v) is 5.18. The Labute approximate surface area is 167 Å². The molecule has 1 N–H and O–H groups in total. The third kappa shape index (κ3) is 3.08. The lowest BCUT2D eigenvalue weighted by atomic mass is 9.85. The number of aromatic nitrogens is 1. The highest BCUT2D eigenvalue weighted by atomic mass is 16.5. The number of carbonyl (C=O) groups is 1. The van der Waals surface area contributed by atoms with Crippen molar-refractivity contribution in [2.45, 2.75) is 19.3 Å². The number of esters is 1. The number of H-pyrrole nitrogens is 1. The number of nitrogens with one attached hydrogen (secondary N) is 1. The second kappa shape index (κ2) is 7.16. The lowest BCUT2D eigenvalue weighted by Crippen LogP contribution is -2.26. The summed E-state index contributed by atoms with van der Waals surface area (Å²) in [5, 5.41) is 0.888. The first-order valence-electron chi connectivity index (χ1n) is 9.14. The van der Waals surface area contributed by atoms with Crippen LogP contribution < -0.4 is 24.5 Å². The number of carbonyl (C=O) groups excluding carboxylic acids is 1. The molecule has 3 aromatic rings. The normalized spacial score (nSPS) is 15.6. The van der Waals surface area contributed by atoms with Gasteiger partial charge in [-0.15, -0.1) is 0 Å². The number of hydrogen-bond acceptors (Lipinski definition) is 6. The quantitative estimate of drug-likeness (QED) is 0.539. The van der Waals surface area contributed by atoms with E-state index in [-0.39, 0.29) is 12.0 Å². The number of ether oxygens (including phenoxy) is 4. The Morgan fingerprint density at radius 3 is 2.45 bits per heavy atom. The van der Waals surface area contributed by atoms with E-state index in [2.05, 4.69) is 4.98 Å². The Bertz CT molecular complexity index is 1180. The average molecular weight is 395 g/mol. The van der Waals surface area contributed by atoms with Gasteiger partial charge in [-0.3, -0.25) is 9.59 Å². The Morgan fingerprint density at radius 1 is 1.00 bits per heavy atom. The summed E-state index contributed by atoms with van der Waals surface area (Å²) < 4.78 is 21.9. The molecule has 1 atom stereocenters. The average Bonchev–Trinajstić information content (AvgIpc) is 2.71. The summed E-state index contributed by atoms with van der Waals surface area (Å²) in [7, 11) is 4.49. The maximum Gasteiger partial charge on any atom is 0.312 e. The molecule has 0 amide bonds. The molecule has 4 rings (SSSR count). The minimum absolute atomic E-state index is 0.0131. The van der Waals surface area contributed by atoms with E-state index in [4.69, 9.17) is 18.9 Å². The molecule has 1 aliphatic rings. The van der Waals surface area contributed by atoms with Crippen LogP contribution in [-0.2, 0) is 4.79 Å². The van der Waals surface area contributed by atoms with Gasteiger partial charge >= 0.3 is 5.97 Å². The van der Waals surface area contributed by atoms with E-state index < -0.39 is 11.9 Å².